The van der Waals surface area contributed by atoms with E-state index in [4.69, 9.17) is 4.74 Å². The third-order valence-electron chi connectivity index (χ3n) is 3.00. The van der Waals surface area contributed by atoms with Crippen LogP contribution in [0.3, 0.4) is 0 Å². The van der Waals surface area contributed by atoms with Crippen molar-refractivity contribution in [2.24, 2.45) is 0 Å². The lowest BCUT2D eigenvalue weighted by molar-refractivity contribution is 0.0784. The number of hydrogen-bond acceptors (Lipinski definition) is 2. The van der Waals surface area contributed by atoms with Gasteiger partial charge in [0.05, 0.1) is 6.61 Å². The van der Waals surface area contributed by atoms with Crippen molar-refractivity contribution < 1.29 is 9.53 Å². The van der Waals surface area contributed by atoms with Gasteiger partial charge in [-0.25, -0.2) is 0 Å². The summed E-state index contributed by atoms with van der Waals surface area (Å²) in [5.74, 6) is 0.724. The predicted octanol–water partition coefficient (Wildman–Crippen LogP) is 3.36. The fourth-order valence-corrected chi connectivity index (χ4v) is 2.04. The van der Waals surface area contributed by atoms with E-state index in [9.17, 15) is 4.79 Å². The van der Waals surface area contributed by atoms with E-state index in [1.54, 1.807) is 11.0 Å². The van der Waals surface area contributed by atoms with Crippen LogP contribution in [0.4, 0.5) is 0 Å². The summed E-state index contributed by atoms with van der Waals surface area (Å²) in [6, 6.07) is 17.2. The summed E-state index contributed by atoms with van der Waals surface area (Å²) in [4.78, 5) is 14.1. The highest BCUT2D eigenvalue weighted by Crippen LogP contribution is 2.15. The van der Waals surface area contributed by atoms with Crippen molar-refractivity contribution in [3.8, 4) is 5.75 Å². The maximum absolute atomic E-state index is 12.4. The van der Waals surface area contributed by atoms with Gasteiger partial charge in [0.15, 0.2) is 0 Å². The molecule has 0 N–H and O–H groups in total. The molecule has 0 aliphatic carbocycles. The van der Waals surface area contributed by atoms with Crippen molar-refractivity contribution in [3.63, 3.8) is 0 Å². The predicted molar refractivity (Wildman–Crippen MR) is 79.9 cm³/mol. The maximum atomic E-state index is 12.4. The van der Waals surface area contributed by atoms with Gasteiger partial charge in [-0.1, -0.05) is 36.4 Å². The van der Waals surface area contributed by atoms with E-state index < -0.39 is 0 Å². The number of benzene rings is 2. The first-order valence-electron chi connectivity index (χ1n) is 6.73. The summed E-state index contributed by atoms with van der Waals surface area (Å²) in [6.07, 6.45) is 0. The molecule has 0 aliphatic rings. The number of carbonyl (C=O) groups is 1. The molecule has 1 amide bonds. The fraction of sp³-hybridized carbons (Fsp3) is 0.235. The molecule has 0 unspecified atom stereocenters. The zero-order chi connectivity index (χ0) is 14.4. The third kappa shape index (κ3) is 3.60. The van der Waals surface area contributed by atoms with Gasteiger partial charge in [0.2, 0.25) is 0 Å². The van der Waals surface area contributed by atoms with Gasteiger partial charge in [0.1, 0.15) is 5.75 Å². The monoisotopic (exact) mass is 269 g/mol. The molecule has 0 saturated carbocycles. The minimum absolute atomic E-state index is 0.00425. The molecule has 0 spiro atoms. The molecular formula is C17H19NO2. The van der Waals surface area contributed by atoms with E-state index >= 15 is 0 Å². The zero-order valence-corrected chi connectivity index (χ0v) is 11.9. The molecule has 2 aromatic carbocycles. The highest BCUT2D eigenvalue weighted by Gasteiger charge is 2.12. The molecule has 0 fully saturated rings. The second-order valence-electron chi connectivity index (χ2n) is 4.61. The van der Waals surface area contributed by atoms with Gasteiger partial charge in [-0.3, -0.25) is 4.79 Å². The van der Waals surface area contributed by atoms with Gasteiger partial charge in [0, 0.05) is 19.2 Å². The van der Waals surface area contributed by atoms with Crippen LogP contribution in [-0.4, -0.2) is 24.5 Å². The highest BCUT2D eigenvalue weighted by molar-refractivity contribution is 5.94. The summed E-state index contributed by atoms with van der Waals surface area (Å²) < 4.78 is 5.42. The van der Waals surface area contributed by atoms with Crippen LogP contribution in [0.2, 0.25) is 0 Å². The fourth-order valence-electron chi connectivity index (χ4n) is 2.04. The second-order valence-corrected chi connectivity index (χ2v) is 4.61. The Balaban J connectivity index is 2.08. The first-order chi connectivity index (χ1) is 9.70. The molecule has 20 heavy (non-hydrogen) atoms. The number of amides is 1. The van der Waals surface area contributed by atoms with Gasteiger partial charge in [-0.2, -0.15) is 0 Å². The topological polar surface area (TPSA) is 29.5 Å². The first-order valence-corrected chi connectivity index (χ1v) is 6.73. The summed E-state index contributed by atoms with van der Waals surface area (Å²) in [6.45, 7) is 3.12. The molecular weight excluding hydrogens is 250 g/mol. The third-order valence-corrected chi connectivity index (χ3v) is 3.00. The summed E-state index contributed by atoms with van der Waals surface area (Å²) >= 11 is 0. The molecule has 2 aromatic rings. The van der Waals surface area contributed by atoms with Crippen LogP contribution < -0.4 is 4.74 Å². The standard InChI is InChI=1S/C17H19NO2/c1-3-20-16-11-7-10-15(12-16)17(19)18(2)13-14-8-5-4-6-9-14/h4-12H,3,13H2,1-2H3. The van der Waals surface area contributed by atoms with Crippen molar-refractivity contribution in [1.82, 2.24) is 4.90 Å². The Morgan fingerprint density at radius 3 is 2.55 bits per heavy atom. The smallest absolute Gasteiger partial charge is 0.254 e. The molecule has 0 heterocycles. The van der Waals surface area contributed by atoms with Crippen molar-refractivity contribution in [1.29, 1.82) is 0 Å². The number of nitrogens with zero attached hydrogens (tertiary/aromatic N) is 1. The number of rotatable bonds is 5. The summed E-state index contributed by atoms with van der Waals surface area (Å²) in [7, 11) is 1.81. The largest absolute Gasteiger partial charge is 0.494 e. The molecule has 0 atom stereocenters. The second kappa shape index (κ2) is 6.75. The normalized spacial score (nSPS) is 10.1. The van der Waals surface area contributed by atoms with Crippen LogP contribution in [-0.2, 0) is 6.54 Å². The average molecular weight is 269 g/mol. The lowest BCUT2D eigenvalue weighted by atomic mass is 10.1. The van der Waals surface area contributed by atoms with E-state index in [0.29, 0.717) is 18.7 Å². The van der Waals surface area contributed by atoms with Gasteiger partial charge < -0.3 is 9.64 Å². The molecule has 104 valence electrons. The average Bonchev–Trinajstić information content (AvgIpc) is 2.48. The lowest BCUT2D eigenvalue weighted by Crippen LogP contribution is -2.26. The van der Waals surface area contributed by atoms with Crippen LogP contribution in [0.1, 0.15) is 22.8 Å². The molecule has 0 saturated heterocycles. The quantitative estimate of drug-likeness (QED) is 0.833. The van der Waals surface area contributed by atoms with Gasteiger partial charge >= 0.3 is 0 Å². The van der Waals surface area contributed by atoms with E-state index in [1.807, 2.05) is 62.5 Å². The van der Waals surface area contributed by atoms with Gasteiger partial charge in [-0.05, 0) is 30.7 Å². The molecule has 0 radical (unpaired) electrons. The van der Waals surface area contributed by atoms with E-state index in [0.717, 1.165) is 11.3 Å². The minimum atomic E-state index is -0.00425. The summed E-state index contributed by atoms with van der Waals surface area (Å²) in [5, 5.41) is 0. The molecule has 3 nitrogen and oxygen atoms in total. The van der Waals surface area contributed by atoms with E-state index in [-0.39, 0.29) is 5.91 Å². The molecule has 3 heteroatoms. The number of ether oxygens (including phenoxy) is 1. The van der Waals surface area contributed by atoms with Crippen molar-refractivity contribution in [2.45, 2.75) is 13.5 Å². The molecule has 0 bridgehead atoms. The Morgan fingerprint density at radius 2 is 1.85 bits per heavy atom. The van der Waals surface area contributed by atoms with Gasteiger partial charge in [-0.15, -0.1) is 0 Å². The molecule has 2 rings (SSSR count). The van der Waals surface area contributed by atoms with Crippen molar-refractivity contribution in [3.05, 3.63) is 65.7 Å². The van der Waals surface area contributed by atoms with Crippen LogP contribution in [0.5, 0.6) is 5.75 Å². The Bertz CT molecular complexity index is 566. The van der Waals surface area contributed by atoms with E-state index in [1.165, 1.54) is 0 Å². The van der Waals surface area contributed by atoms with Crippen LogP contribution in [0, 0.1) is 0 Å². The first kappa shape index (κ1) is 14.1. The zero-order valence-electron chi connectivity index (χ0n) is 11.9. The van der Waals surface area contributed by atoms with Gasteiger partial charge in [0.25, 0.3) is 5.91 Å². The lowest BCUT2D eigenvalue weighted by Gasteiger charge is -2.17. The van der Waals surface area contributed by atoms with Crippen LogP contribution in [0.25, 0.3) is 0 Å². The Kier molecular flexibility index (Phi) is 4.77. The van der Waals surface area contributed by atoms with Crippen LogP contribution in [0.15, 0.2) is 54.6 Å². The highest BCUT2D eigenvalue weighted by atomic mass is 16.5. The number of hydrogen-bond donors (Lipinski definition) is 0. The Labute approximate surface area is 119 Å². The Hall–Kier alpha value is -2.29. The van der Waals surface area contributed by atoms with Crippen molar-refractivity contribution in [2.75, 3.05) is 13.7 Å². The van der Waals surface area contributed by atoms with E-state index in [2.05, 4.69) is 0 Å². The number of carbonyl (C=O) groups excluding carboxylic acids is 1. The maximum Gasteiger partial charge on any atom is 0.254 e. The van der Waals surface area contributed by atoms with Crippen molar-refractivity contribution >= 4 is 5.91 Å². The minimum Gasteiger partial charge on any atom is -0.494 e. The molecule has 0 aliphatic heterocycles. The Morgan fingerprint density at radius 1 is 1.10 bits per heavy atom. The molecule has 0 aromatic heterocycles. The summed E-state index contributed by atoms with van der Waals surface area (Å²) in [5.41, 5.74) is 1.76. The SMILES string of the molecule is CCOc1cccc(C(=O)N(C)Cc2ccccc2)c1. The van der Waals surface area contributed by atoms with Crippen LogP contribution >= 0.6 is 0 Å².